The highest BCUT2D eigenvalue weighted by molar-refractivity contribution is 5.94. The van der Waals surface area contributed by atoms with E-state index in [0.717, 1.165) is 55.2 Å². The van der Waals surface area contributed by atoms with E-state index < -0.39 is 0 Å². The van der Waals surface area contributed by atoms with Gasteiger partial charge in [0.25, 0.3) is 5.91 Å². The Bertz CT molecular complexity index is 1070. The van der Waals surface area contributed by atoms with Crippen LogP contribution in [0.3, 0.4) is 0 Å². The predicted molar refractivity (Wildman–Crippen MR) is 118 cm³/mol. The summed E-state index contributed by atoms with van der Waals surface area (Å²) in [5, 5.41) is 12.1. The first-order valence-corrected chi connectivity index (χ1v) is 10.7. The smallest absolute Gasteiger partial charge is 0.272 e. The fourth-order valence-corrected chi connectivity index (χ4v) is 4.18. The molecule has 1 N–H and O–H groups in total. The van der Waals surface area contributed by atoms with Gasteiger partial charge in [0.2, 0.25) is 0 Å². The van der Waals surface area contributed by atoms with Gasteiger partial charge in [0.1, 0.15) is 5.75 Å². The molecule has 0 atom stereocenters. The minimum Gasteiger partial charge on any atom is -0.497 e. The average Bonchev–Trinajstić information content (AvgIpc) is 3.30. The molecule has 0 spiro atoms. The van der Waals surface area contributed by atoms with Crippen molar-refractivity contribution in [1.82, 2.24) is 29.8 Å². The lowest BCUT2D eigenvalue weighted by molar-refractivity contribution is 0.0942. The van der Waals surface area contributed by atoms with E-state index >= 15 is 0 Å². The van der Waals surface area contributed by atoms with Crippen molar-refractivity contribution in [3.8, 4) is 5.75 Å². The number of nitrogens with zero attached hydrogens (tertiary/aromatic N) is 5. The summed E-state index contributed by atoms with van der Waals surface area (Å²) in [6, 6.07) is 7.70. The molecule has 0 aliphatic carbocycles. The third-order valence-corrected chi connectivity index (χ3v) is 5.85. The second-order valence-electron chi connectivity index (χ2n) is 7.99. The lowest BCUT2D eigenvalue weighted by Gasteiger charge is -2.27. The Morgan fingerprint density at radius 2 is 2.00 bits per heavy atom. The first-order valence-electron chi connectivity index (χ1n) is 10.7. The monoisotopic (exact) mass is 422 g/mol. The van der Waals surface area contributed by atoms with Crippen molar-refractivity contribution in [2.24, 2.45) is 7.05 Å². The molecule has 0 saturated heterocycles. The summed E-state index contributed by atoms with van der Waals surface area (Å²) in [5.41, 5.74) is 6.05. The lowest BCUT2D eigenvalue weighted by atomic mass is 10.0. The molecule has 8 nitrogen and oxygen atoms in total. The molecule has 1 amide bonds. The van der Waals surface area contributed by atoms with Crippen LogP contribution >= 0.6 is 0 Å². The zero-order valence-electron chi connectivity index (χ0n) is 18.7. The van der Waals surface area contributed by atoms with Crippen LogP contribution in [0.15, 0.2) is 30.5 Å². The molecule has 1 aromatic carbocycles. The lowest BCUT2D eigenvalue weighted by Crippen LogP contribution is -2.32. The first kappa shape index (κ1) is 21.1. The Kier molecular flexibility index (Phi) is 6.08. The molecule has 0 radical (unpaired) electrons. The van der Waals surface area contributed by atoms with Crippen LogP contribution < -0.4 is 10.1 Å². The quantitative estimate of drug-likeness (QED) is 0.633. The van der Waals surface area contributed by atoms with E-state index in [4.69, 9.17) is 4.74 Å². The van der Waals surface area contributed by atoms with Gasteiger partial charge in [-0.2, -0.15) is 10.2 Å². The number of methoxy groups -OCH3 is 1. The fraction of sp³-hybridized carbons (Fsp3) is 0.435. The SMILES string of the molecule is CCn1nc(C(=O)NCc2ccc(OC)cc2)c2c1CCN(Cc1cn(C)nc1C)C2. The van der Waals surface area contributed by atoms with E-state index in [9.17, 15) is 4.79 Å². The molecule has 4 rings (SSSR count). The normalized spacial score (nSPS) is 13.8. The zero-order valence-corrected chi connectivity index (χ0v) is 18.7. The highest BCUT2D eigenvalue weighted by Crippen LogP contribution is 2.25. The zero-order chi connectivity index (χ0) is 22.0. The van der Waals surface area contributed by atoms with Crippen molar-refractivity contribution in [2.75, 3.05) is 13.7 Å². The number of aryl methyl sites for hydroxylation is 3. The molecule has 0 saturated carbocycles. The number of hydrogen-bond donors (Lipinski definition) is 1. The van der Waals surface area contributed by atoms with Crippen LogP contribution in [0, 0.1) is 6.92 Å². The Morgan fingerprint density at radius 3 is 2.65 bits per heavy atom. The maximum atomic E-state index is 13.0. The van der Waals surface area contributed by atoms with Gasteiger partial charge in [-0.25, -0.2) is 0 Å². The minimum atomic E-state index is -0.126. The third-order valence-electron chi connectivity index (χ3n) is 5.85. The summed E-state index contributed by atoms with van der Waals surface area (Å²) < 4.78 is 9.02. The van der Waals surface area contributed by atoms with Gasteiger partial charge in [-0.3, -0.25) is 19.1 Å². The first-order chi connectivity index (χ1) is 15.0. The van der Waals surface area contributed by atoms with E-state index in [-0.39, 0.29) is 5.91 Å². The van der Waals surface area contributed by atoms with Gasteiger partial charge in [-0.15, -0.1) is 0 Å². The summed E-state index contributed by atoms with van der Waals surface area (Å²) in [4.78, 5) is 15.4. The molecule has 1 aliphatic rings. The number of ether oxygens (including phenoxy) is 1. The average molecular weight is 423 g/mol. The molecule has 0 fully saturated rings. The predicted octanol–water partition coefficient (Wildman–Crippen LogP) is 2.44. The third kappa shape index (κ3) is 4.49. The number of amides is 1. The van der Waals surface area contributed by atoms with E-state index in [0.29, 0.717) is 12.2 Å². The van der Waals surface area contributed by atoms with Crippen molar-refractivity contribution in [3.63, 3.8) is 0 Å². The number of carbonyl (C=O) groups excluding carboxylic acids is 1. The van der Waals surface area contributed by atoms with Crippen LogP contribution in [0.4, 0.5) is 0 Å². The van der Waals surface area contributed by atoms with Crippen LogP contribution in [0.25, 0.3) is 0 Å². The number of benzene rings is 1. The highest BCUT2D eigenvalue weighted by Gasteiger charge is 2.28. The molecule has 164 valence electrons. The Hall–Kier alpha value is -3.13. The number of nitrogens with one attached hydrogen (secondary N) is 1. The van der Waals surface area contributed by atoms with Crippen LogP contribution in [0.2, 0.25) is 0 Å². The van der Waals surface area contributed by atoms with E-state index in [1.54, 1.807) is 7.11 Å². The summed E-state index contributed by atoms with van der Waals surface area (Å²) in [6.07, 6.45) is 2.96. The fourth-order valence-electron chi connectivity index (χ4n) is 4.18. The van der Waals surface area contributed by atoms with Crippen molar-refractivity contribution >= 4 is 5.91 Å². The van der Waals surface area contributed by atoms with Gasteiger partial charge >= 0.3 is 0 Å². The number of carbonyl (C=O) groups is 1. The molecule has 31 heavy (non-hydrogen) atoms. The number of hydrogen-bond acceptors (Lipinski definition) is 5. The summed E-state index contributed by atoms with van der Waals surface area (Å²) in [5.74, 6) is 0.674. The van der Waals surface area contributed by atoms with Crippen molar-refractivity contribution < 1.29 is 9.53 Å². The van der Waals surface area contributed by atoms with Crippen LogP contribution in [-0.4, -0.2) is 44.0 Å². The van der Waals surface area contributed by atoms with Crippen molar-refractivity contribution in [1.29, 1.82) is 0 Å². The Labute approximate surface area is 182 Å². The molecule has 0 unspecified atom stereocenters. The van der Waals surface area contributed by atoms with Gasteiger partial charge in [0, 0.05) is 69.2 Å². The summed E-state index contributed by atoms with van der Waals surface area (Å²) in [6.45, 7) is 7.80. The van der Waals surface area contributed by atoms with Crippen molar-refractivity contribution in [2.45, 2.75) is 46.4 Å². The van der Waals surface area contributed by atoms with E-state index in [1.807, 2.05) is 47.6 Å². The second-order valence-corrected chi connectivity index (χ2v) is 7.99. The van der Waals surface area contributed by atoms with Gasteiger partial charge in [-0.05, 0) is 31.5 Å². The number of aromatic nitrogens is 4. The molecule has 2 aromatic heterocycles. The second kappa shape index (κ2) is 8.93. The van der Waals surface area contributed by atoms with Gasteiger partial charge in [0.15, 0.2) is 5.69 Å². The van der Waals surface area contributed by atoms with E-state index in [2.05, 4.69) is 33.5 Å². The van der Waals surface area contributed by atoms with Gasteiger partial charge in [0.05, 0.1) is 12.8 Å². The molecule has 1 aliphatic heterocycles. The summed E-state index contributed by atoms with van der Waals surface area (Å²) >= 11 is 0. The van der Waals surface area contributed by atoms with Gasteiger partial charge < -0.3 is 10.1 Å². The maximum absolute atomic E-state index is 13.0. The van der Waals surface area contributed by atoms with Crippen LogP contribution in [0.5, 0.6) is 5.75 Å². The summed E-state index contributed by atoms with van der Waals surface area (Å²) in [7, 11) is 3.59. The topological polar surface area (TPSA) is 77.2 Å². The van der Waals surface area contributed by atoms with Crippen LogP contribution in [0.1, 0.15) is 45.5 Å². The van der Waals surface area contributed by atoms with Crippen molar-refractivity contribution in [3.05, 3.63) is 64.2 Å². The molecule has 3 aromatic rings. The maximum Gasteiger partial charge on any atom is 0.272 e. The van der Waals surface area contributed by atoms with Gasteiger partial charge in [-0.1, -0.05) is 12.1 Å². The number of rotatable bonds is 7. The number of fused-ring (bicyclic) bond motifs is 1. The Balaban J connectivity index is 1.49. The van der Waals surface area contributed by atoms with E-state index in [1.165, 1.54) is 11.3 Å². The standard InChI is InChI=1S/C23H30N6O2/c1-5-29-21-10-11-28(14-18-13-27(3)25-16(18)2)15-20(21)22(26-29)23(30)24-12-17-6-8-19(31-4)9-7-17/h6-9,13H,5,10-12,14-15H2,1-4H3,(H,24,30). The molecule has 0 bridgehead atoms. The molecular formula is C23H30N6O2. The largest absolute Gasteiger partial charge is 0.497 e. The molecular weight excluding hydrogens is 392 g/mol. The Morgan fingerprint density at radius 1 is 1.23 bits per heavy atom. The highest BCUT2D eigenvalue weighted by atomic mass is 16.5. The molecule has 3 heterocycles. The minimum absolute atomic E-state index is 0.126. The van der Waals surface area contributed by atoms with Crippen LogP contribution in [-0.2, 0) is 39.6 Å². The molecule has 8 heteroatoms.